The summed E-state index contributed by atoms with van der Waals surface area (Å²) in [5, 5.41) is 0. The molecule has 0 aromatic heterocycles. The van der Waals surface area contributed by atoms with Crippen molar-refractivity contribution in [3.63, 3.8) is 0 Å². The average Bonchev–Trinajstić information content (AvgIpc) is 2.22. The van der Waals surface area contributed by atoms with Gasteiger partial charge in [0.2, 0.25) is 0 Å². The molecule has 0 atom stereocenters. The fourth-order valence-electron chi connectivity index (χ4n) is 1.95. The lowest BCUT2D eigenvalue weighted by Gasteiger charge is -2.18. The Balaban J connectivity index is 2.38. The minimum atomic E-state index is 0.186. The predicted octanol–water partition coefficient (Wildman–Crippen LogP) is 2.26. The van der Waals surface area contributed by atoms with Gasteiger partial charge in [0, 0.05) is 31.4 Å². The Hall–Kier alpha value is -1.57. The topological polar surface area (TPSA) is 20.3 Å². The first-order valence-corrected chi connectivity index (χ1v) is 5.18. The maximum Gasteiger partial charge on any atom is 0.190 e. The second kappa shape index (κ2) is 3.89. The fourth-order valence-corrected chi connectivity index (χ4v) is 1.95. The first-order chi connectivity index (χ1) is 7.18. The molecule has 0 unspecified atom stereocenters. The molecule has 0 saturated carbocycles. The summed E-state index contributed by atoms with van der Waals surface area (Å²) in [5.41, 5.74) is 2.97. The van der Waals surface area contributed by atoms with Gasteiger partial charge in [-0.05, 0) is 18.4 Å². The largest absolute Gasteiger partial charge is 0.383 e. The maximum atomic E-state index is 12.1. The molecule has 0 fully saturated rings. The summed E-state index contributed by atoms with van der Waals surface area (Å²) < 4.78 is 0. The molecule has 0 radical (unpaired) electrons. The number of rotatable bonds is 1. The smallest absolute Gasteiger partial charge is 0.190 e. The van der Waals surface area contributed by atoms with Crippen LogP contribution in [0.2, 0.25) is 0 Å². The molecule has 0 heterocycles. The first kappa shape index (κ1) is 9.97. The lowest BCUT2D eigenvalue weighted by Crippen LogP contribution is -2.16. The van der Waals surface area contributed by atoms with E-state index in [4.69, 9.17) is 0 Å². The Morgan fingerprint density at radius 3 is 2.67 bits per heavy atom. The number of carbonyl (C=O) groups is 1. The number of ketones is 1. The molecule has 0 amide bonds. The number of hydrogen-bond acceptors (Lipinski definition) is 2. The van der Waals surface area contributed by atoms with Gasteiger partial charge in [0.15, 0.2) is 5.78 Å². The van der Waals surface area contributed by atoms with Gasteiger partial charge < -0.3 is 4.90 Å². The van der Waals surface area contributed by atoms with Crippen molar-refractivity contribution in [2.24, 2.45) is 0 Å². The van der Waals surface area contributed by atoms with E-state index in [1.807, 2.05) is 49.5 Å². The summed E-state index contributed by atoms with van der Waals surface area (Å²) in [5.74, 6) is 0.186. The van der Waals surface area contributed by atoms with E-state index in [0.717, 1.165) is 24.0 Å². The van der Waals surface area contributed by atoms with Crippen LogP contribution >= 0.6 is 0 Å². The standard InChI is InChI=1S/C13H15NO/c1-14(2)9-11-8-7-10-5-3-4-6-12(10)13(11)15/h3-6,9H,7-8H2,1-2H3. The van der Waals surface area contributed by atoms with Crippen molar-refractivity contribution >= 4 is 5.78 Å². The van der Waals surface area contributed by atoms with Crippen LogP contribution in [0.3, 0.4) is 0 Å². The minimum absolute atomic E-state index is 0.186. The minimum Gasteiger partial charge on any atom is -0.383 e. The van der Waals surface area contributed by atoms with Crippen LogP contribution in [0.4, 0.5) is 0 Å². The zero-order valence-electron chi connectivity index (χ0n) is 9.16. The Morgan fingerprint density at radius 2 is 1.93 bits per heavy atom. The highest BCUT2D eigenvalue weighted by Gasteiger charge is 2.21. The Kier molecular flexibility index (Phi) is 2.58. The molecule has 1 aromatic rings. The third-order valence-electron chi connectivity index (χ3n) is 2.63. The van der Waals surface area contributed by atoms with Crippen LogP contribution in [0.25, 0.3) is 0 Å². The van der Waals surface area contributed by atoms with Crippen molar-refractivity contribution in [1.82, 2.24) is 4.90 Å². The predicted molar refractivity (Wildman–Crippen MR) is 60.9 cm³/mol. The Bertz CT molecular complexity index is 418. The zero-order chi connectivity index (χ0) is 10.8. The third kappa shape index (κ3) is 1.94. The van der Waals surface area contributed by atoms with Crippen molar-refractivity contribution < 1.29 is 4.79 Å². The van der Waals surface area contributed by atoms with Crippen molar-refractivity contribution in [2.75, 3.05) is 14.1 Å². The van der Waals surface area contributed by atoms with Gasteiger partial charge in [-0.2, -0.15) is 0 Å². The quantitative estimate of drug-likeness (QED) is 0.649. The van der Waals surface area contributed by atoms with Crippen LogP contribution < -0.4 is 0 Å². The second-order valence-corrected chi connectivity index (χ2v) is 4.10. The number of benzene rings is 1. The van der Waals surface area contributed by atoms with E-state index in [0.29, 0.717) is 0 Å². The van der Waals surface area contributed by atoms with E-state index in [9.17, 15) is 4.79 Å². The molecule has 78 valence electrons. The lowest BCUT2D eigenvalue weighted by molar-refractivity contribution is 0.102. The highest BCUT2D eigenvalue weighted by Crippen LogP contribution is 2.24. The molecule has 15 heavy (non-hydrogen) atoms. The van der Waals surface area contributed by atoms with Crippen LogP contribution in [0.15, 0.2) is 36.0 Å². The number of hydrogen-bond donors (Lipinski definition) is 0. The number of Topliss-reactive ketones (excluding diaryl/α,β-unsaturated/α-hetero) is 1. The fraction of sp³-hybridized carbons (Fsp3) is 0.308. The number of fused-ring (bicyclic) bond motifs is 1. The van der Waals surface area contributed by atoms with E-state index in [-0.39, 0.29) is 5.78 Å². The van der Waals surface area contributed by atoms with Crippen molar-refractivity contribution in [3.8, 4) is 0 Å². The van der Waals surface area contributed by atoms with Crippen LogP contribution in [0.5, 0.6) is 0 Å². The van der Waals surface area contributed by atoms with Gasteiger partial charge in [0.25, 0.3) is 0 Å². The van der Waals surface area contributed by atoms with Gasteiger partial charge in [0.05, 0.1) is 0 Å². The molecule has 0 spiro atoms. The normalized spacial score (nSPS) is 17.7. The van der Waals surface area contributed by atoms with Crippen molar-refractivity contribution in [2.45, 2.75) is 12.8 Å². The van der Waals surface area contributed by atoms with E-state index in [1.54, 1.807) is 0 Å². The van der Waals surface area contributed by atoms with Crippen LogP contribution in [0.1, 0.15) is 22.3 Å². The molecule has 2 rings (SSSR count). The number of carbonyl (C=O) groups excluding carboxylic acids is 1. The van der Waals surface area contributed by atoms with Crippen LogP contribution in [-0.2, 0) is 6.42 Å². The molecule has 0 saturated heterocycles. The van der Waals surface area contributed by atoms with Crippen LogP contribution in [0, 0.1) is 0 Å². The van der Waals surface area contributed by atoms with Gasteiger partial charge in [-0.15, -0.1) is 0 Å². The molecule has 1 aliphatic rings. The molecule has 0 aliphatic heterocycles. The summed E-state index contributed by atoms with van der Waals surface area (Å²) in [7, 11) is 3.89. The zero-order valence-corrected chi connectivity index (χ0v) is 9.16. The monoisotopic (exact) mass is 201 g/mol. The van der Waals surface area contributed by atoms with Gasteiger partial charge in [-0.1, -0.05) is 24.3 Å². The molecular weight excluding hydrogens is 186 g/mol. The van der Waals surface area contributed by atoms with Gasteiger partial charge in [-0.25, -0.2) is 0 Å². The van der Waals surface area contributed by atoms with E-state index >= 15 is 0 Å². The Labute approximate surface area is 90.2 Å². The van der Waals surface area contributed by atoms with Gasteiger partial charge in [0.1, 0.15) is 0 Å². The molecule has 0 bridgehead atoms. The third-order valence-corrected chi connectivity index (χ3v) is 2.63. The molecular formula is C13H15NO. The molecule has 0 N–H and O–H groups in total. The maximum absolute atomic E-state index is 12.1. The summed E-state index contributed by atoms with van der Waals surface area (Å²) in [6, 6.07) is 7.88. The average molecular weight is 201 g/mol. The number of allylic oxidation sites excluding steroid dienone is 1. The summed E-state index contributed by atoms with van der Waals surface area (Å²) >= 11 is 0. The van der Waals surface area contributed by atoms with Gasteiger partial charge >= 0.3 is 0 Å². The summed E-state index contributed by atoms with van der Waals surface area (Å²) in [4.78, 5) is 14.0. The van der Waals surface area contributed by atoms with E-state index < -0.39 is 0 Å². The van der Waals surface area contributed by atoms with Gasteiger partial charge in [-0.3, -0.25) is 4.79 Å². The summed E-state index contributed by atoms with van der Waals surface area (Å²) in [6.07, 6.45) is 3.76. The molecule has 2 heteroatoms. The van der Waals surface area contributed by atoms with Crippen LogP contribution in [-0.4, -0.2) is 24.8 Å². The van der Waals surface area contributed by atoms with E-state index in [1.165, 1.54) is 5.56 Å². The Morgan fingerprint density at radius 1 is 1.20 bits per heavy atom. The second-order valence-electron chi connectivity index (χ2n) is 4.10. The molecule has 1 aromatic carbocycles. The summed E-state index contributed by atoms with van der Waals surface area (Å²) in [6.45, 7) is 0. The van der Waals surface area contributed by atoms with E-state index in [2.05, 4.69) is 0 Å². The number of aryl methyl sites for hydroxylation is 1. The first-order valence-electron chi connectivity index (χ1n) is 5.18. The SMILES string of the molecule is CN(C)C=C1CCc2ccccc2C1=O. The van der Waals surface area contributed by atoms with Crippen molar-refractivity contribution in [1.29, 1.82) is 0 Å². The lowest BCUT2D eigenvalue weighted by atomic mass is 9.87. The molecule has 1 aliphatic carbocycles. The molecule has 2 nitrogen and oxygen atoms in total. The highest BCUT2D eigenvalue weighted by atomic mass is 16.1. The highest BCUT2D eigenvalue weighted by molar-refractivity contribution is 6.10. The van der Waals surface area contributed by atoms with Crippen molar-refractivity contribution in [3.05, 3.63) is 47.2 Å². The number of nitrogens with zero attached hydrogens (tertiary/aromatic N) is 1.